The first kappa shape index (κ1) is 18.7. The van der Waals surface area contributed by atoms with Gasteiger partial charge in [-0.05, 0) is 24.0 Å². The number of nitrogen functional groups attached to an aromatic ring is 1. The van der Waals surface area contributed by atoms with Crippen molar-refractivity contribution in [3.8, 4) is 6.01 Å². The highest BCUT2D eigenvalue weighted by atomic mass is 16.5. The van der Waals surface area contributed by atoms with Crippen LogP contribution in [-0.4, -0.2) is 50.8 Å². The summed E-state index contributed by atoms with van der Waals surface area (Å²) in [7, 11) is 0. The highest BCUT2D eigenvalue weighted by Crippen LogP contribution is 2.25. The summed E-state index contributed by atoms with van der Waals surface area (Å²) in [5.74, 6) is 0.408. The number of β-amino-alcohol motifs (C(OH)–C–C–N with tert-alkyl or cyclic N) is 1. The average molecular weight is 381 g/mol. The molecule has 1 unspecified atom stereocenters. The zero-order chi connectivity index (χ0) is 19.5. The minimum atomic E-state index is -0.179. The van der Waals surface area contributed by atoms with Crippen LogP contribution in [0.25, 0.3) is 11.0 Å². The number of aliphatic hydroxyl groups excluding tert-OH is 1. The van der Waals surface area contributed by atoms with Gasteiger partial charge in [-0.1, -0.05) is 31.2 Å². The summed E-state index contributed by atoms with van der Waals surface area (Å²) in [6, 6.07) is 8.96. The molecule has 1 aliphatic heterocycles. The molecule has 3 aromatic rings. The maximum atomic E-state index is 9.67. The number of aromatic nitrogens is 3. The summed E-state index contributed by atoms with van der Waals surface area (Å²) in [4.78, 5) is 14.2. The Morgan fingerprint density at radius 2 is 2.04 bits per heavy atom. The topological polar surface area (TPSA) is 100 Å². The number of nitrogens with two attached hydrogens (primary N) is 1. The molecule has 4 rings (SSSR count). The Morgan fingerprint density at radius 1 is 1.25 bits per heavy atom. The van der Waals surface area contributed by atoms with E-state index in [0.29, 0.717) is 18.4 Å². The quantitative estimate of drug-likeness (QED) is 0.581. The van der Waals surface area contributed by atoms with Gasteiger partial charge in [0.2, 0.25) is 0 Å². The van der Waals surface area contributed by atoms with Gasteiger partial charge in [0.05, 0.1) is 12.7 Å². The fourth-order valence-electron chi connectivity index (χ4n) is 3.65. The third kappa shape index (κ3) is 4.10. The molecule has 7 heteroatoms. The van der Waals surface area contributed by atoms with Crippen LogP contribution in [0.5, 0.6) is 6.01 Å². The van der Waals surface area contributed by atoms with E-state index in [-0.39, 0.29) is 6.10 Å². The number of ether oxygens (including phenoxy) is 1. The van der Waals surface area contributed by atoms with E-state index >= 15 is 0 Å². The number of benzene rings is 1. The van der Waals surface area contributed by atoms with Crippen LogP contribution in [0.1, 0.15) is 36.5 Å². The van der Waals surface area contributed by atoms with Crippen LogP contribution in [0.4, 0.5) is 5.82 Å². The summed E-state index contributed by atoms with van der Waals surface area (Å²) in [5.41, 5.74) is 11.2. The lowest BCUT2D eigenvalue weighted by Crippen LogP contribution is -2.21. The number of hydrogen-bond donors (Lipinski definition) is 3. The summed E-state index contributed by atoms with van der Waals surface area (Å²) in [6.07, 6.45) is 4.28. The van der Waals surface area contributed by atoms with Crippen molar-refractivity contribution >= 4 is 16.9 Å². The predicted octanol–water partition coefficient (Wildman–Crippen LogP) is 2.49. The summed E-state index contributed by atoms with van der Waals surface area (Å²) >= 11 is 0. The van der Waals surface area contributed by atoms with Crippen molar-refractivity contribution in [2.24, 2.45) is 0 Å². The molecule has 4 N–H and O–H groups in total. The number of aromatic amines is 1. The van der Waals surface area contributed by atoms with E-state index in [9.17, 15) is 5.11 Å². The average Bonchev–Trinajstić information content (AvgIpc) is 3.28. The van der Waals surface area contributed by atoms with Crippen LogP contribution in [0.3, 0.4) is 0 Å². The zero-order valence-corrected chi connectivity index (χ0v) is 16.2. The van der Waals surface area contributed by atoms with E-state index in [1.165, 1.54) is 11.1 Å². The predicted molar refractivity (Wildman–Crippen MR) is 109 cm³/mol. The van der Waals surface area contributed by atoms with Gasteiger partial charge in [-0.3, -0.25) is 4.90 Å². The zero-order valence-electron chi connectivity index (χ0n) is 16.2. The Balaban J connectivity index is 1.49. The van der Waals surface area contributed by atoms with E-state index in [1.54, 1.807) is 0 Å². The number of nitrogens with zero attached hydrogens (tertiary/aromatic N) is 3. The van der Waals surface area contributed by atoms with Crippen molar-refractivity contribution in [2.45, 2.75) is 38.8 Å². The first-order chi connectivity index (χ1) is 13.6. The molecule has 0 amide bonds. The number of fused-ring (bicyclic) bond motifs is 1. The Morgan fingerprint density at radius 3 is 2.75 bits per heavy atom. The Bertz CT molecular complexity index is 938. The molecule has 0 bridgehead atoms. The lowest BCUT2D eigenvalue weighted by atomic mass is 10.0. The monoisotopic (exact) mass is 381 g/mol. The standard InChI is InChI=1S/C21H27N5O2/c1-2-9-28-21-24-18-16(11-23-19(18)20(22)25-21)10-14-3-5-15(6-4-14)12-26-8-7-17(27)13-26/h3-6,11,17,23,27H,2,7-10,12-13H2,1H3,(H2,22,24,25). The van der Waals surface area contributed by atoms with E-state index in [2.05, 4.69) is 44.1 Å². The van der Waals surface area contributed by atoms with Crippen LogP contribution in [-0.2, 0) is 13.0 Å². The third-order valence-corrected chi connectivity index (χ3v) is 5.12. The summed E-state index contributed by atoms with van der Waals surface area (Å²) in [5, 5.41) is 9.67. The molecule has 1 saturated heterocycles. The highest BCUT2D eigenvalue weighted by Gasteiger charge is 2.20. The second-order valence-electron chi connectivity index (χ2n) is 7.45. The Hall–Kier alpha value is -2.64. The third-order valence-electron chi connectivity index (χ3n) is 5.12. The number of anilines is 1. The van der Waals surface area contributed by atoms with Crippen LogP contribution >= 0.6 is 0 Å². The van der Waals surface area contributed by atoms with Gasteiger partial charge >= 0.3 is 6.01 Å². The molecule has 1 aliphatic rings. The molecule has 1 atom stereocenters. The van der Waals surface area contributed by atoms with Gasteiger partial charge in [0.15, 0.2) is 5.82 Å². The van der Waals surface area contributed by atoms with Crippen LogP contribution in [0.2, 0.25) is 0 Å². The molecule has 7 nitrogen and oxygen atoms in total. The van der Waals surface area contributed by atoms with Gasteiger partial charge in [0.25, 0.3) is 0 Å². The minimum absolute atomic E-state index is 0.179. The minimum Gasteiger partial charge on any atom is -0.463 e. The molecule has 0 saturated carbocycles. The number of likely N-dealkylation sites (tertiary alicyclic amines) is 1. The maximum absolute atomic E-state index is 9.67. The van der Waals surface area contributed by atoms with E-state index in [4.69, 9.17) is 10.5 Å². The van der Waals surface area contributed by atoms with Gasteiger partial charge in [-0.2, -0.15) is 9.97 Å². The van der Waals surface area contributed by atoms with Crippen molar-refractivity contribution < 1.29 is 9.84 Å². The Kier molecular flexibility index (Phi) is 5.45. The molecule has 0 radical (unpaired) electrons. The van der Waals surface area contributed by atoms with Crippen molar-refractivity contribution in [1.82, 2.24) is 19.9 Å². The molecule has 148 valence electrons. The second-order valence-corrected chi connectivity index (χ2v) is 7.45. The van der Waals surface area contributed by atoms with Gasteiger partial charge in [0, 0.05) is 37.8 Å². The van der Waals surface area contributed by atoms with Gasteiger partial charge in [0.1, 0.15) is 11.0 Å². The molecular weight excluding hydrogens is 354 g/mol. The normalized spacial score (nSPS) is 17.4. The smallest absolute Gasteiger partial charge is 0.319 e. The molecule has 0 spiro atoms. The fourth-order valence-corrected chi connectivity index (χ4v) is 3.65. The summed E-state index contributed by atoms with van der Waals surface area (Å²) < 4.78 is 5.57. The lowest BCUT2D eigenvalue weighted by Gasteiger charge is -2.15. The van der Waals surface area contributed by atoms with Gasteiger partial charge < -0.3 is 20.6 Å². The first-order valence-corrected chi connectivity index (χ1v) is 9.87. The van der Waals surface area contributed by atoms with E-state index in [1.807, 2.05) is 13.1 Å². The molecule has 1 fully saturated rings. The maximum Gasteiger partial charge on any atom is 0.319 e. The van der Waals surface area contributed by atoms with Crippen molar-refractivity contribution in [1.29, 1.82) is 0 Å². The van der Waals surface area contributed by atoms with Crippen molar-refractivity contribution in [3.63, 3.8) is 0 Å². The SMILES string of the molecule is CCCOc1nc(N)c2[nH]cc(Cc3ccc(CN4CCC(O)C4)cc3)c2n1. The van der Waals surface area contributed by atoms with Crippen LogP contribution in [0.15, 0.2) is 30.5 Å². The molecule has 3 heterocycles. The van der Waals surface area contributed by atoms with Crippen LogP contribution in [0, 0.1) is 0 Å². The van der Waals surface area contributed by atoms with Gasteiger partial charge in [-0.15, -0.1) is 0 Å². The lowest BCUT2D eigenvalue weighted by molar-refractivity contribution is 0.175. The highest BCUT2D eigenvalue weighted by molar-refractivity contribution is 5.87. The molecule has 2 aromatic heterocycles. The van der Waals surface area contributed by atoms with E-state index in [0.717, 1.165) is 55.5 Å². The molecule has 28 heavy (non-hydrogen) atoms. The van der Waals surface area contributed by atoms with Crippen molar-refractivity contribution in [3.05, 3.63) is 47.2 Å². The molecule has 1 aromatic carbocycles. The number of aliphatic hydroxyl groups is 1. The molecule has 0 aliphatic carbocycles. The van der Waals surface area contributed by atoms with Crippen molar-refractivity contribution in [2.75, 3.05) is 25.4 Å². The largest absolute Gasteiger partial charge is 0.463 e. The first-order valence-electron chi connectivity index (χ1n) is 9.87. The van der Waals surface area contributed by atoms with Crippen LogP contribution < -0.4 is 10.5 Å². The Labute approximate surface area is 164 Å². The molecular formula is C21H27N5O2. The number of hydrogen-bond acceptors (Lipinski definition) is 6. The fraction of sp³-hybridized carbons (Fsp3) is 0.429. The number of nitrogens with one attached hydrogen (secondary N) is 1. The second kappa shape index (κ2) is 8.16. The summed E-state index contributed by atoms with van der Waals surface area (Å²) in [6.45, 7) is 5.22. The van der Waals surface area contributed by atoms with Gasteiger partial charge in [-0.25, -0.2) is 0 Å². The number of H-pyrrole nitrogens is 1. The van der Waals surface area contributed by atoms with E-state index < -0.39 is 0 Å². The number of rotatable bonds is 7.